The van der Waals surface area contributed by atoms with Crippen molar-refractivity contribution in [2.24, 2.45) is 0 Å². The van der Waals surface area contributed by atoms with Crippen molar-refractivity contribution in [2.75, 3.05) is 0 Å². The third-order valence-corrected chi connectivity index (χ3v) is 3.50. The molecule has 0 amide bonds. The molecule has 4 nitrogen and oxygen atoms in total. The molecule has 0 fully saturated rings. The van der Waals surface area contributed by atoms with Crippen LogP contribution in [-0.4, -0.2) is 20.2 Å². The van der Waals surface area contributed by atoms with Crippen LogP contribution in [0.4, 0.5) is 0 Å². The fourth-order valence-corrected chi connectivity index (χ4v) is 2.19. The van der Waals surface area contributed by atoms with Gasteiger partial charge in [-0.15, -0.1) is 5.10 Å². The number of allylic oxidation sites excluding steroid dienone is 4. The van der Waals surface area contributed by atoms with E-state index in [4.69, 9.17) is 23.2 Å². The lowest BCUT2D eigenvalue weighted by molar-refractivity contribution is 0.650. The molecule has 20 heavy (non-hydrogen) atoms. The van der Waals surface area contributed by atoms with Gasteiger partial charge in [-0.3, -0.25) is 0 Å². The molecule has 0 aliphatic heterocycles. The minimum Gasteiger partial charge on any atom is -0.221 e. The Labute approximate surface area is 127 Å². The molecule has 1 aromatic heterocycles. The van der Waals surface area contributed by atoms with Gasteiger partial charge in [0.2, 0.25) is 0 Å². The van der Waals surface area contributed by atoms with Crippen LogP contribution in [0.15, 0.2) is 52.0 Å². The van der Waals surface area contributed by atoms with Gasteiger partial charge < -0.3 is 0 Å². The van der Waals surface area contributed by atoms with Crippen LogP contribution < -0.4 is 0 Å². The predicted octanol–water partition coefficient (Wildman–Crippen LogP) is 4.00. The van der Waals surface area contributed by atoms with Gasteiger partial charge in [0.25, 0.3) is 0 Å². The van der Waals surface area contributed by atoms with Gasteiger partial charge in [-0.05, 0) is 24.3 Å². The van der Waals surface area contributed by atoms with Crippen LogP contribution in [0.5, 0.6) is 0 Å². The molecular formula is C14H14Cl2N4. The highest BCUT2D eigenvalue weighted by atomic mass is 35.5. The first kappa shape index (κ1) is 14.8. The van der Waals surface area contributed by atoms with Crippen molar-refractivity contribution < 1.29 is 0 Å². The largest absolute Gasteiger partial charge is 0.221 e. The van der Waals surface area contributed by atoms with E-state index in [0.29, 0.717) is 22.4 Å². The first-order chi connectivity index (χ1) is 9.63. The van der Waals surface area contributed by atoms with E-state index in [0.717, 1.165) is 11.1 Å². The Hall–Kier alpha value is -1.65. The maximum absolute atomic E-state index is 6.18. The smallest absolute Gasteiger partial charge is 0.182 e. The van der Waals surface area contributed by atoms with Crippen molar-refractivity contribution in [3.63, 3.8) is 0 Å². The first-order valence-electron chi connectivity index (χ1n) is 6.12. The van der Waals surface area contributed by atoms with Gasteiger partial charge in [-0.1, -0.05) is 59.6 Å². The molecule has 1 heterocycles. The van der Waals surface area contributed by atoms with Crippen molar-refractivity contribution in [1.29, 1.82) is 0 Å². The van der Waals surface area contributed by atoms with Gasteiger partial charge in [0.1, 0.15) is 0 Å². The first-order valence-corrected chi connectivity index (χ1v) is 6.88. The van der Waals surface area contributed by atoms with Gasteiger partial charge in [-0.25, -0.2) is 4.68 Å². The molecule has 6 heteroatoms. The van der Waals surface area contributed by atoms with E-state index in [1.54, 1.807) is 17.7 Å². The molecule has 2 aromatic rings. The number of hydrogen-bond donors (Lipinski definition) is 0. The van der Waals surface area contributed by atoms with Crippen molar-refractivity contribution >= 4 is 23.2 Å². The van der Waals surface area contributed by atoms with Gasteiger partial charge in [0.05, 0.1) is 6.54 Å². The number of tetrazole rings is 1. The van der Waals surface area contributed by atoms with E-state index in [9.17, 15) is 0 Å². The van der Waals surface area contributed by atoms with Crippen molar-refractivity contribution in [2.45, 2.75) is 20.4 Å². The Bertz CT molecular complexity index is 640. The highest BCUT2D eigenvalue weighted by molar-refractivity contribution is 6.35. The SMILES string of the molecule is C/C=C(Cl)\C(Cn1nnnc1-c1ccccc1)=C(/C)Cl. The maximum Gasteiger partial charge on any atom is 0.182 e. The van der Waals surface area contributed by atoms with E-state index in [1.165, 1.54) is 0 Å². The highest BCUT2D eigenvalue weighted by Gasteiger charge is 2.13. The number of nitrogens with zero attached hydrogens (tertiary/aromatic N) is 4. The zero-order valence-corrected chi connectivity index (χ0v) is 12.7. The van der Waals surface area contributed by atoms with Crippen LogP contribution in [-0.2, 0) is 6.54 Å². The summed E-state index contributed by atoms with van der Waals surface area (Å²) in [5.74, 6) is 0.682. The van der Waals surface area contributed by atoms with E-state index < -0.39 is 0 Å². The lowest BCUT2D eigenvalue weighted by Gasteiger charge is -2.09. The van der Waals surface area contributed by atoms with Crippen LogP contribution in [0.2, 0.25) is 0 Å². The van der Waals surface area contributed by atoms with Crippen LogP contribution in [0.25, 0.3) is 11.4 Å². The van der Waals surface area contributed by atoms with Crippen LogP contribution in [0.3, 0.4) is 0 Å². The monoisotopic (exact) mass is 308 g/mol. The normalized spacial score (nSPS) is 13.3. The molecule has 0 radical (unpaired) electrons. The Kier molecular flexibility index (Phi) is 4.93. The lowest BCUT2D eigenvalue weighted by Crippen LogP contribution is -2.06. The molecule has 0 atom stereocenters. The summed E-state index contributed by atoms with van der Waals surface area (Å²) < 4.78 is 1.68. The number of aromatic nitrogens is 4. The highest BCUT2D eigenvalue weighted by Crippen LogP contribution is 2.24. The van der Waals surface area contributed by atoms with Crippen molar-refractivity contribution in [3.05, 3.63) is 52.0 Å². The van der Waals surface area contributed by atoms with Gasteiger partial charge in [0.15, 0.2) is 5.82 Å². The Morgan fingerprint density at radius 1 is 1.25 bits per heavy atom. The molecule has 0 bridgehead atoms. The Morgan fingerprint density at radius 2 is 1.95 bits per heavy atom. The second kappa shape index (κ2) is 6.68. The second-order valence-electron chi connectivity index (χ2n) is 4.17. The molecule has 1 aromatic carbocycles. The Balaban J connectivity index is 2.37. The topological polar surface area (TPSA) is 43.6 Å². The molecule has 0 aliphatic rings. The molecule has 0 N–H and O–H groups in total. The third kappa shape index (κ3) is 3.26. The number of rotatable bonds is 4. The Morgan fingerprint density at radius 3 is 2.55 bits per heavy atom. The summed E-state index contributed by atoms with van der Waals surface area (Å²) in [6, 6.07) is 9.74. The average molecular weight is 309 g/mol. The third-order valence-electron chi connectivity index (χ3n) is 2.83. The lowest BCUT2D eigenvalue weighted by atomic mass is 10.2. The van der Waals surface area contributed by atoms with Gasteiger partial charge in [-0.2, -0.15) is 0 Å². The summed E-state index contributed by atoms with van der Waals surface area (Å²) in [6.07, 6.45) is 1.80. The number of benzene rings is 1. The average Bonchev–Trinajstić information content (AvgIpc) is 2.92. The minimum atomic E-state index is 0.426. The van der Waals surface area contributed by atoms with E-state index in [2.05, 4.69) is 15.5 Å². The summed E-state index contributed by atoms with van der Waals surface area (Å²) in [7, 11) is 0. The second-order valence-corrected chi connectivity index (χ2v) is 5.15. The van der Waals surface area contributed by atoms with Crippen molar-refractivity contribution in [3.8, 4) is 11.4 Å². The van der Waals surface area contributed by atoms with E-state index >= 15 is 0 Å². The summed E-state index contributed by atoms with van der Waals surface area (Å²) in [4.78, 5) is 0. The zero-order chi connectivity index (χ0) is 14.5. The zero-order valence-electron chi connectivity index (χ0n) is 11.2. The standard InChI is InChI=1S/C14H14Cl2N4/c1-3-13(16)12(10(2)15)9-20-14(17-18-19-20)11-7-5-4-6-8-11/h3-8H,9H2,1-2H3/b12-10+,13-3+. The molecule has 0 unspecified atom stereocenters. The maximum atomic E-state index is 6.18. The summed E-state index contributed by atoms with van der Waals surface area (Å²) in [5, 5.41) is 13.0. The number of halogens is 2. The van der Waals surface area contributed by atoms with Gasteiger partial charge >= 0.3 is 0 Å². The quantitative estimate of drug-likeness (QED) is 0.802. The van der Waals surface area contributed by atoms with Gasteiger partial charge in [0, 0.05) is 21.2 Å². The van der Waals surface area contributed by atoms with Crippen LogP contribution in [0.1, 0.15) is 13.8 Å². The summed E-state index contributed by atoms with van der Waals surface area (Å²) in [5.41, 5.74) is 1.75. The molecule has 0 saturated carbocycles. The molecule has 2 rings (SSSR count). The minimum absolute atomic E-state index is 0.426. The van der Waals surface area contributed by atoms with E-state index in [-0.39, 0.29) is 0 Å². The fraction of sp³-hybridized carbons (Fsp3) is 0.214. The predicted molar refractivity (Wildman–Crippen MR) is 81.4 cm³/mol. The molecule has 0 saturated heterocycles. The fourth-order valence-electron chi connectivity index (χ4n) is 1.78. The van der Waals surface area contributed by atoms with Crippen molar-refractivity contribution in [1.82, 2.24) is 20.2 Å². The van der Waals surface area contributed by atoms with Crippen LogP contribution in [0, 0.1) is 0 Å². The summed E-state index contributed by atoms with van der Waals surface area (Å²) >= 11 is 12.3. The molecular weight excluding hydrogens is 295 g/mol. The molecule has 0 aliphatic carbocycles. The molecule has 0 spiro atoms. The summed E-state index contributed by atoms with van der Waals surface area (Å²) in [6.45, 7) is 4.09. The number of hydrogen-bond acceptors (Lipinski definition) is 3. The van der Waals surface area contributed by atoms with E-state index in [1.807, 2.05) is 37.3 Å². The molecule has 104 valence electrons. The van der Waals surface area contributed by atoms with Crippen LogP contribution >= 0.6 is 23.2 Å².